The standard InChI is InChI=1S/C21H28N4O6/c1-6-29-19(27)16-14(5)31-18(17(16)20(28)30-7-2)25-15(26)9-8-10-22-21-23-12(3)11-13(4)24-21/h11H,6-10H2,1-5H3,(H,25,26)(H,22,23,24). The molecule has 0 saturated heterocycles. The molecule has 168 valence electrons. The highest BCUT2D eigenvalue weighted by Gasteiger charge is 2.31. The Labute approximate surface area is 180 Å². The largest absolute Gasteiger partial charge is 0.462 e. The van der Waals surface area contributed by atoms with Gasteiger partial charge in [0.25, 0.3) is 0 Å². The van der Waals surface area contributed by atoms with Gasteiger partial charge in [-0.2, -0.15) is 0 Å². The van der Waals surface area contributed by atoms with Crippen molar-refractivity contribution in [1.29, 1.82) is 0 Å². The fourth-order valence-electron chi connectivity index (χ4n) is 2.92. The predicted molar refractivity (Wildman–Crippen MR) is 113 cm³/mol. The van der Waals surface area contributed by atoms with Crippen LogP contribution in [-0.2, 0) is 14.3 Å². The van der Waals surface area contributed by atoms with Gasteiger partial charge in [0.15, 0.2) is 0 Å². The molecule has 0 unspecified atom stereocenters. The number of carbonyl (C=O) groups is 3. The molecule has 0 saturated carbocycles. The number of rotatable bonds is 10. The Morgan fingerprint density at radius 1 is 0.968 bits per heavy atom. The average Bonchev–Trinajstić information content (AvgIpc) is 3.00. The number of aromatic nitrogens is 2. The molecule has 0 radical (unpaired) electrons. The molecule has 10 nitrogen and oxygen atoms in total. The summed E-state index contributed by atoms with van der Waals surface area (Å²) in [5, 5.41) is 5.62. The van der Waals surface area contributed by atoms with E-state index < -0.39 is 11.9 Å². The van der Waals surface area contributed by atoms with Gasteiger partial charge >= 0.3 is 11.9 Å². The van der Waals surface area contributed by atoms with Crippen LogP contribution in [0.5, 0.6) is 0 Å². The number of ether oxygens (including phenoxy) is 2. The lowest BCUT2D eigenvalue weighted by Gasteiger charge is -2.08. The van der Waals surface area contributed by atoms with E-state index in [1.807, 2.05) is 19.9 Å². The van der Waals surface area contributed by atoms with E-state index in [4.69, 9.17) is 13.9 Å². The Morgan fingerprint density at radius 2 is 1.55 bits per heavy atom. The zero-order valence-electron chi connectivity index (χ0n) is 18.5. The number of nitrogens with zero attached hydrogens (tertiary/aromatic N) is 2. The van der Waals surface area contributed by atoms with Crippen LogP contribution in [0.25, 0.3) is 0 Å². The van der Waals surface area contributed by atoms with E-state index in [0.29, 0.717) is 18.9 Å². The number of furan rings is 1. The van der Waals surface area contributed by atoms with Crippen LogP contribution in [0.1, 0.15) is 64.6 Å². The topological polar surface area (TPSA) is 133 Å². The molecule has 0 aromatic carbocycles. The number of hydrogen-bond acceptors (Lipinski definition) is 9. The fraction of sp³-hybridized carbons (Fsp3) is 0.476. The molecular formula is C21H28N4O6. The highest BCUT2D eigenvalue weighted by Crippen LogP contribution is 2.29. The molecule has 31 heavy (non-hydrogen) atoms. The summed E-state index contributed by atoms with van der Waals surface area (Å²) in [4.78, 5) is 45.6. The highest BCUT2D eigenvalue weighted by atomic mass is 16.5. The Morgan fingerprint density at radius 3 is 2.13 bits per heavy atom. The van der Waals surface area contributed by atoms with Crippen molar-refractivity contribution in [2.75, 3.05) is 30.4 Å². The minimum Gasteiger partial charge on any atom is -0.462 e. The van der Waals surface area contributed by atoms with Crippen LogP contribution in [-0.4, -0.2) is 47.6 Å². The SMILES string of the molecule is CCOC(=O)c1c(C)oc(NC(=O)CCCNc2nc(C)cc(C)n2)c1C(=O)OCC. The van der Waals surface area contributed by atoms with Gasteiger partial charge in [0.2, 0.25) is 17.7 Å². The number of anilines is 2. The summed E-state index contributed by atoms with van der Waals surface area (Å²) in [7, 11) is 0. The Bertz CT molecular complexity index is 933. The maximum atomic E-state index is 12.4. The van der Waals surface area contributed by atoms with Crippen molar-refractivity contribution >= 4 is 29.7 Å². The molecule has 0 aliphatic rings. The van der Waals surface area contributed by atoms with E-state index in [2.05, 4.69) is 20.6 Å². The summed E-state index contributed by atoms with van der Waals surface area (Å²) in [6, 6.07) is 1.87. The molecule has 2 aromatic rings. The van der Waals surface area contributed by atoms with Crippen LogP contribution >= 0.6 is 0 Å². The van der Waals surface area contributed by atoms with Gasteiger partial charge in [0.1, 0.15) is 16.9 Å². The summed E-state index contributed by atoms with van der Waals surface area (Å²) >= 11 is 0. The molecule has 0 aliphatic carbocycles. The van der Waals surface area contributed by atoms with E-state index in [-0.39, 0.29) is 48.3 Å². The highest BCUT2D eigenvalue weighted by molar-refractivity contribution is 6.09. The number of esters is 2. The summed E-state index contributed by atoms with van der Waals surface area (Å²) in [5.74, 6) is -1.34. The number of carbonyl (C=O) groups excluding carboxylic acids is 3. The van der Waals surface area contributed by atoms with Gasteiger partial charge in [-0.05, 0) is 47.1 Å². The van der Waals surface area contributed by atoms with E-state index in [9.17, 15) is 14.4 Å². The predicted octanol–water partition coefficient (Wildman–Crippen LogP) is 3.18. The monoisotopic (exact) mass is 432 g/mol. The second-order valence-electron chi connectivity index (χ2n) is 6.73. The lowest BCUT2D eigenvalue weighted by molar-refractivity contribution is -0.116. The number of hydrogen-bond donors (Lipinski definition) is 2. The first-order valence-corrected chi connectivity index (χ1v) is 10.1. The van der Waals surface area contributed by atoms with Gasteiger partial charge in [-0.1, -0.05) is 0 Å². The van der Waals surface area contributed by atoms with Crippen molar-refractivity contribution in [2.24, 2.45) is 0 Å². The van der Waals surface area contributed by atoms with Crippen LogP contribution in [0.4, 0.5) is 11.8 Å². The van der Waals surface area contributed by atoms with E-state index in [1.54, 1.807) is 13.8 Å². The molecule has 0 fully saturated rings. The third-order valence-corrected chi connectivity index (χ3v) is 4.14. The minimum absolute atomic E-state index is 0.0516. The first kappa shape index (κ1) is 23.8. The Balaban J connectivity index is 2.03. The van der Waals surface area contributed by atoms with Gasteiger partial charge in [-0.3, -0.25) is 10.1 Å². The summed E-state index contributed by atoms with van der Waals surface area (Å²) in [5.41, 5.74) is 1.51. The number of aryl methyl sites for hydroxylation is 3. The maximum Gasteiger partial charge on any atom is 0.344 e. The van der Waals surface area contributed by atoms with E-state index >= 15 is 0 Å². The van der Waals surface area contributed by atoms with Crippen LogP contribution in [0, 0.1) is 20.8 Å². The van der Waals surface area contributed by atoms with Crippen molar-refractivity contribution in [2.45, 2.75) is 47.5 Å². The van der Waals surface area contributed by atoms with Gasteiger partial charge in [0.05, 0.1) is 13.2 Å². The van der Waals surface area contributed by atoms with Crippen molar-refractivity contribution in [3.05, 3.63) is 34.3 Å². The normalized spacial score (nSPS) is 10.5. The molecule has 0 bridgehead atoms. The second kappa shape index (κ2) is 11.1. The fourth-order valence-corrected chi connectivity index (χ4v) is 2.92. The first-order valence-electron chi connectivity index (χ1n) is 10.1. The van der Waals surface area contributed by atoms with Crippen molar-refractivity contribution in [3.8, 4) is 0 Å². The molecule has 10 heteroatoms. The van der Waals surface area contributed by atoms with Gasteiger partial charge in [0, 0.05) is 24.4 Å². The van der Waals surface area contributed by atoms with E-state index in [0.717, 1.165) is 11.4 Å². The van der Waals surface area contributed by atoms with Crippen LogP contribution in [0.3, 0.4) is 0 Å². The summed E-state index contributed by atoms with van der Waals surface area (Å²) in [6.07, 6.45) is 0.635. The van der Waals surface area contributed by atoms with Crippen LogP contribution in [0.2, 0.25) is 0 Å². The summed E-state index contributed by atoms with van der Waals surface area (Å²) < 4.78 is 15.5. The maximum absolute atomic E-state index is 12.4. The van der Waals surface area contributed by atoms with Crippen LogP contribution in [0.15, 0.2) is 10.5 Å². The third-order valence-electron chi connectivity index (χ3n) is 4.14. The Kier molecular flexibility index (Phi) is 8.53. The molecule has 1 amide bonds. The molecule has 0 spiro atoms. The van der Waals surface area contributed by atoms with Crippen molar-refractivity contribution in [3.63, 3.8) is 0 Å². The van der Waals surface area contributed by atoms with E-state index in [1.165, 1.54) is 6.92 Å². The molecular weight excluding hydrogens is 404 g/mol. The lowest BCUT2D eigenvalue weighted by Crippen LogP contribution is -2.18. The van der Waals surface area contributed by atoms with Gasteiger partial charge < -0.3 is 19.2 Å². The smallest absolute Gasteiger partial charge is 0.344 e. The first-order chi connectivity index (χ1) is 14.8. The average molecular weight is 432 g/mol. The second-order valence-corrected chi connectivity index (χ2v) is 6.73. The van der Waals surface area contributed by atoms with Crippen molar-refractivity contribution < 1.29 is 28.3 Å². The minimum atomic E-state index is -0.772. The third kappa shape index (κ3) is 6.53. The zero-order valence-corrected chi connectivity index (χ0v) is 18.5. The summed E-state index contributed by atoms with van der Waals surface area (Å²) in [6.45, 7) is 9.27. The van der Waals surface area contributed by atoms with Crippen LogP contribution < -0.4 is 10.6 Å². The Hall–Kier alpha value is -3.43. The molecule has 2 rings (SSSR count). The molecule has 0 atom stereocenters. The lowest BCUT2D eigenvalue weighted by atomic mass is 10.1. The number of nitrogens with one attached hydrogen (secondary N) is 2. The quantitative estimate of drug-likeness (QED) is 0.429. The molecule has 2 heterocycles. The van der Waals surface area contributed by atoms with Gasteiger partial charge in [-0.25, -0.2) is 19.6 Å². The molecule has 2 aromatic heterocycles. The van der Waals surface area contributed by atoms with Crippen molar-refractivity contribution in [1.82, 2.24) is 9.97 Å². The zero-order chi connectivity index (χ0) is 23.0. The molecule has 0 aliphatic heterocycles. The van der Waals surface area contributed by atoms with Gasteiger partial charge in [-0.15, -0.1) is 0 Å². The number of amides is 1. The molecule has 2 N–H and O–H groups in total.